The van der Waals surface area contributed by atoms with Crippen LogP contribution >= 0.6 is 0 Å². The smallest absolute Gasteiger partial charge is 0.243 e. The van der Waals surface area contributed by atoms with Gasteiger partial charge in [-0.15, -0.1) is 0 Å². The summed E-state index contributed by atoms with van der Waals surface area (Å²) in [6.07, 6.45) is 4.15. The third kappa shape index (κ3) is 4.84. The van der Waals surface area contributed by atoms with Crippen LogP contribution in [-0.4, -0.2) is 43.8 Å². The first-order valence-corrected chi connectivity index (χ1v) is 11.9. The van der Waals surface area contributed by atoms with E-state index in [4.69, 9.17) is 9.15 Å². The van der Waals surface area contributed by atoms with Crippen molar-refractivity contribution in [2.45, 2.75) is 30.6 Å². The first kappa shape index (κ1) is 22.0. The molecule has 0 atom stereocenters. The Kier molecular flexibility index (Phi) is 6.57. The fourth-order valence-electron chi connectivity index (χ4n) is 3.66. The van der Waals surface area contributed by atoms with Gasteiger partial charge in [0.05, 0.1) is 29.8 Å². The normalized spacial score (nSPS) is 14.8. The lowest BCUT2D eigenvalue weighted by Gasteiger charge is -2.26. The molecule has 168 valence electrons. The van der Waals surface area contributed by atoms with E-state index in [9.17, 15) is 13.2 Å². The zero-order chi connectivity index (χ0) is 22.6. The number of methoxy groups -OCH3 is 1. The van der Waals surface area contributed by atoms with Gasteiger partial charge in [0.15, 0.2) is 0 Å². The first-order valence-electron chi connectivity index (χ1n) is 10.5. The van der Waals surface area contributed by atoms with Gasteiger partial charge in [-0.1, -0.05) is 24.6 Å². The summed E-state index contributed by atoms with van der Waals surface area (Å²) in [5.41, 5.74) is 1.58. The number of hydrogen-bond donors (Lipinski definition) is 1. The third-order valence-corrected chi connectivity index (χ3v) is 7.21. The molecule has 2 heterocycles. The molecule has 4 rings (SSSR count). The van der Waals surface area contributed by atoms with Crippen LogP contribution in [-0.2, 0) is 21.2 Å². The maximum absolute atomic E-state index is 13.0. The largest absolute Gasteiger partial charge is 0.495 e. The number of nitrogens with zero attached hydrogens (tertiary/aromatic N) is 2. The Morgan fingerprint density at radius 2 is 1.88 bits per heavy atom. The van der Waals surface area contributed by atoms with Crippen LogP contribution in [0.4, 0.5) is 5.69 Å². The van der Waals surface area contributed by atoms with Crippen LogP contribution in [0.25, 0.3) is 11.5 Å². The number of benzene rings is 2. The van der Waals surface area contributed by atoms with Crippen LogP contribution in [0.3, 0.4) is 0 Å². The Bertz CT molecular complexity index is 1190. The Balaban J connectivity index is 1.50. The van der Waals surface area contributed by atoms with Crippen LogP contribution in [0.5, 0.6) is 5.75 Å². The molecule has 0 bridgehead atoms. The fraction of sp³-hybridized carbons (Fsp3) is 0.304. The minimum atomic E-state index is -3.63. The van der Waals surface area contributed by atoms with Crippen LogP contribution < -0.4 is 10.1 Å². The van der Waals surface area contributed by atoms with Gasteiger partial charge in [0.25, 0.3) is 0 Å². The lowest BCUT2D eigenvalue weighted by Crippen LogP contribution is -2.35. The van der Waals surface area contributed by atoms with Crippen LogP contribution in [0.1, 0.15) is 25.0 Å². The average molecular weight is 456 g/mol. The molecule has 1 aliphatic heterocycles. The zero-order valence-corrected chi connectivity index (χ0v) is 18.6. The van der Waals surface area contributed by atoms with E-state index in [-0.39, 0.29) is 17.2 Å². The van der Waals surface area contributed by atoms with E-state index in [0.29, 0.717) is 36.1 Å². The summed E-state index contributed by atoms with van der Waals surface area (Å²) in [6, 6.07) is 13.9. The van der Waals surface area contributed by atoms with Crippen molar-refractivity contribution in [3.8, 4) is 17.2 Å². The van der Waals surface area contributed by atoms with Crippen molar-refractivity contribution in [3.05, 3.63) is 60.5 Å². The van der Waals surface area contributed by atoms with Gasteiger partial charge in [0.1, 0.15) is 12.0 Å². The van der Waals surface area contributed by atoms with Crippen molar-refractivity contribution < 1.29 is 22.4 Å². The molecule has 0 unspecified atom stereocenters. The highest BCUT2D eigenvalue weighted by atomic mass is 32.2. The highest BCUT2D eigenvalue weighted by molar-refractivity contribution is 7.89. The van der Waals surface area contributed by atoms with Crippen molar-refractivity contribution in [1.82, 2.24) is 9.29 Å². The van der Waals surface area contributed by atoms with Gasteiger partial charge in [-0.3, -0.25) is 4.79 Å². The maximum Gasteiger partial charge on any atom is 0.243 e. The first-order chi connectivity index (χ1) is 15.5. The van der Waals surface area contributed by atoms with Gasteiger partial charge >= 0.3 is 0 Å². The monoisotopic (exact) mass is 455 g/mol. The van der Waals surface area contributed by atoms with Crippen molar-refractivity contribution >= 4 is 21.6 Å². The van der Waals surface area contributed by atoms with Crippen molar-refractivity contribution in [1.29, 1.82) is 0 Å². The summed E-state index contributed by atoms with van der Waals surface area (Å²) in [5.74, 6) is 0.449. The molecule has 1 amide bonds. The number of sulfonamides is 1. The van der Waals surface area contributed by atoms with E-state index < -0.39 is 10.0 Å². The predicted octanol–water partition coefficient (Wildman–Crippen LogP) is 3.71. The SMILES string of the molecule is COc1ccc(S(=O)(=O)N2CCCCC2)cc1NC(=O)Cc1coc(-c2ccccc2)n1. The number of nitrogens with one attached hydrogen (secondary N) is 1. The van der Waals surface area contributed by atoms with E-state index in [1.165, 1.54) is 29.8 Å². The van der Waals surface area contributed by atoms with E-state index in [2.05, 4.69) is 10.3 Å². The van der Waals surface area contributed by atoms with Gasteiger partial charge < -0.3 is 14.5 Å². The minimum absolute atomic E-state index is 0.0252. The molecule has 0 aliphatic carbocycles. The summed E-state index contributed by atoms with van der Waals surface area (Å²) in [4.78, 5) is 17.1. The second-order valence-electron chi connectivity index (χ2n) is 7.56. The van der Waals surface area contributed by atoms with Gasteiger partial charge in [-0.05, 0) is 43.2 Å². The molecule has 9 heteroatoms. The van der Waals surface area contributed by atoms with Gasteiger partial charge in [-0.25, -0.2) is 13.4 Å². The number of carbonyl (C=O) groups excluding carboxylic acids is 1. The fourth-order valence-corrected chi connectivity index (χ4v) is 5.20. The van der Waals surface area contributed by atoms with Gasteiger partial charge in [0, 0.05) is 18.7 Å². The van der Waals surface area contributed by atoms with E-state index in [0.717, 1.165) is 24.8 Å². The Morgan fingerprint density at radius 1 is 1.12 bits per heavy atom. The second kappa shape index (κ2) is 9.54. The van der Waals surface area contributed by atoms with Crippen LogP contribution in [0.15, 0.2) is 64.1 Å². The molecule has 1 saturated heterocycles. The number of hydrogen-bond acceptors (Lipinski definition) is 6. The molecule has 1 aliphatic rings. The molecule has 0 radical (unpaired) electrons. The number of piperidine rings is 1. The number of aromatic nitrogens is 1. The highest BCUT2D eigenvalue weighted by Crippen LogP contribution is 2.30. The van der Waals surface area contributed by atoms with Gasteiger partial charge in [0.2, 0.25) is 21.8 Å². The van der Waals surface area contributed by atoms with Gasteiger partial charge in [-0.2, -0.15) is 4.31 Å². The predicted molar refractivity (Wildman–Crippen MR) is 120 cm³/mol. The standard InChI is InChI=1S/C23H25N3O5S/c1-30-21-11-10-19(32(28,29)26-12-6-3-7-13-26)15-20(21)25-22(27)14-18-16-31-23(24-18)17-8-4-2-5-9-17/h2,4-5,8-11,15-16H,3,6-7,12-14H2,1H3,(H,25,27). The molecule has 1 aromatic heterocycles. The third-order valence-electron chi connectivity index (χ3n) is 5.31. The zero-order valence-electron chi connectivity index (χ0n) is 17.8. The molecule has 8 nitrogen and oxygen atoms in total. The topological polar surface area (TPSA) is 102 Å². The van der Waals surface area contributed by atoms with Crippen molar-refractivity contribution in [3.63, 3.8) is 0 Å². The highest BCUT2D eigenvalue weighted by Gasteiger charge is 2.27. The number of oxazole rings is 1. The summed E-state index contributed by atoms with van der Waals surface area (Å²) in [6.45, 7) is 1.01. The molecule has 0 saturated carbocycles. The summed E-state index contributed by atoms with van der Waals surface area (Å²) < 4.78 is 38.3. The second-order valence-corrected chi connectivity index (χ2v) is 9.50. The van der Waals surface area contributed by atoms with E-state index in [1.807, 2.05) is 30.3 Å². The molecule has 3 aromatic rings. The molecule has 0 spiro atoms. The summed E-state index contributed by atoms with van der Waals surface area (Å²) in [7, 11) is -2.17. The number of rotatable bonds is 7. The molecule has 2 aromatic carbocycles. The number of amides is 1. The lowest BCUT2D eigenvalue weighted by molar-refractivity contribution is -0.115. The molecular formula is C23H25N3O5S. The lowest BCUT2D eigenvalue weighted by atomic mass is 10.2. The number of carbonyl (C=O) groups is 1. The Labute approximate surface area is 187 Å². The van der Waals surface area contributed by atoms with Crippen molar-refractivity contribution in [2.75, 3.05) is 25.5 Å². The van der Waals surface area contributed by atoms with Crippen LogP contribution in [0, 0.1) is 0 Å². The molecule has 32 heavy (non-hydrogen) atoms. The Morgan fingerprint density at radius 3 is 2.59 bits per heavy atom. The van der Waals surface area contributed by atoms with E-state index in [1.54, 1.807) is 6.07 Å². The molecule has 1 fully saturated rings. The number of anilines is 1. The van der Waals surface area contributed by atoms with Crippen molar-refractivity contribution in [2.24, 2.45) is 0 Å². The summed E-state index contributed by atoms with van der Waals surface area (Å²) >= 11 is 0. The Hall–Kier alpha value is -3.17. The minimum Gasteiger partial charge on any atom is -0.495 e. The van der Waals surface area contributed by atoms with E-state index >= 15 is 0 Å². The quantitative estimate of drug-likeness (QED) is 0.583. The van der Waals surface area contributed by atoms with Crippen LogP contribution in [0.2, 0.25) is 0 Å². The maximum atomic E-state index is 13.0. The summed E-state index contributed by atoms with van der Waals surface area (Å²) in [5, 5.41) is 2.75. The number of ether oxygens (including phenoxy) is 1. The average Bonchev–Trinajstić information content (AvgIpc) is 3.28. The molecule has 1 N–H and O–H groups in total. The molecular weight excluding hydrogens is 430 g/mol.